The van der Waals surface area contributed by atoms with Crippen molar-refractivity contribution in [3.05, 3.63) is 16.9 Å². The van der Waals surface area contributed by atoms with E-state index in [4.69, 9.17) is 11.6 Å². The second kappa shape index (κ2) is 9.54. The van der Waals surface area contributed by atoms with Gasteiger partial charge in [-0.1, -0.05) is 25.4 Å². The topological polar surface area (TPSA) is 78.4 Å². The lowest BCUT2D eigenvalue weighted by Crippen LogP contribution is -2.46. The molecule has 1 N–H and O–H groups in total. The minimum Gasteiger partial charge on any atom is -0.356 e. The Morgan fingerprint density at radius 1 is 1.21 bits per heavy atom. The average Bonchev–Trinajstić information content (AvgIpc) is 2.72. The Morgan fingerprint density at radius 2 is 1.96 bits per heavy atom. The zero-order valence-corrected chi connectivity index (χ0v) is 17.5. The molecule has 8 heteroatoms. The molecule has 1 aromatic heterocycles. The highest BCUT2D eigenvalue weighted by atomic mass is 35.5. The zero-order chi connectivity index (χ0) is 20.1. The van der Waals surface area contributed by atoms with Gasteiger partial charge in [0.1, 0.15) is 0 Å². The van der Waals surface area contributed by atoms with Gasteiger partial charge < -0.3 is 15.1 Å². The third-order valence-corrected chi connectivity index (χ3v) is 5.61. The summed E-state index contributed by atoms with van der Waals surface area (Å²) in [5.41, 5.74) is 0.237. The first-order valence-electron chi connectivity index (χ1n) is 10.3. The summed E-state index contributed by atoms with van der Waals surface area (Å²) >= 11 is 6.26. The number of piperidine rings is 2. The maximum atomic E-state index is 13.1. The maximum Gasteiger partial charge on any atom is 0.274 e. The third kappa shape index (κ3) is 5.13. The van der Waals surface area contributed by atoms with Crippen molar-refractivity contribution in [2.24, 2.45) is 11.8 Å². The Bertz CT molecular complexity index is 706. The van der Waals surface area contributed by atoms with Crippen LogP contribution in [0.15, 0.2) is 6.20 Å². The molecule has 154 valence electrons. The quantitative estimate of drug-likeness (QED) is 0.811. The van der Waals surface area contributed by atoms with Gasteiger partial charge in [-0.15, -0.1) is 0 Å². The van der Waals surface area contributed by atoms with E-state index in [2.05, 4.69) is 34.0 Å². The van der Waals surface area contributed by atoms with Crippen LogP contribution in [0.3, 0.4) is 0 Å². The Morgan fingerprint density at radius 3 is 2.68 bits per heavy atom. The van der Waals surface area contributed by atoms with Crippen LogP contribution in [0.1, 0.15) is 56.4 Å². The second-order valence-electron chi connectivity index (χ2n) is 8.14. The molecule has 2 fully saturated rings. The smallest absolute Gasteiger partial charge is 0.274 e. The second-order valence-corrected chi connectivity index (χ2v) is 8.55. The van der Waals surface area contributed by atoms with Crippen molar-refractivity contribution in [3.63, 3.8) is 0 Å². The van der Waals surface area contributed by atoms with Crippen LogP contribution in [0.25, 0.3) is 0 Å². The van der Waals surface area contributed by atoms with Crippen molar-refractivity contribution < 1.29 is 9.59 Å². The number of nitrogens with one attached hydrogen (secondary N) is 1. The number of hydrogen-bond acceptors (Lipinski definition) is 5. The van der Waals surface area contributed by atoms with E-state index >= 15 is 0 Å². The van der Waals surface area contributed by atoms with Gasteiger partial charge in [-0.2, -0.15) is 0 Å². The van der Waals surface area contributed by atoms with Crippen molar-refractivity contribution in [3.8, 4) is 0 Å². The predicted octanol–water partition coefficient (Wildman–Crippen LogP) is 2.74. The molecule has 7 nitrogen and oxygen atoms in total. The van der Waals surface area contributed by atoms with E-state index in [9.17, 15) is 9.59 Å². The number of rotatable bonds is 5. The number of carbonyl (C=O) groups excluding carboxylic acids is 2. The number of amides is 2. The largest absolute Gasteiger partial charge is 0.356 e. The zero-order valence-electron chi connectivity index (χ0n) is 16.8. The van der Waals surface area contributed by atoms with Crippen molar-refractivity contribution in [1.29, 1.82) is 0 Å². The Balaban J connectivity index is 1.69. The molecule has 0 radical (unpaired) electrons. The third-order valence-electron chi connectivity index (χ3n) is 5.34. The molecule has 2 aliphatic heterocycles. The van der Waals surface area contributed by atoms with Crippen LogP contribution < -0.4 is 10.2 Å². The Hall–Kier alpha value is -1.89. The first kappa shape index (κ1) is 20.8. The summed E-state index contributed by atoms with van der Waals surface area (Å²) in [4.78, 5) is 38.1. The van der Waals surface area contributed by atoms with Crippen LogP contribution in [0, 0.1) is 11.8 Å². The number of aromatic nitrogens is 2. The fraction of sp³-hybridized carbons (Fsp3) is 0.700. The van der Waals surface area contributed by atoms with Crippen LogP contribution in [-0.2, 0) is 4.79 Å². The van der Waals surface area contributed by atoms with Crippen LogP contribution in [0.2, 0.25) is 5.02 Å². The molecule has 0 bridgehead atoms. The molecule has 0 spiro atoms. The van der Waals surface area contributed by atoms with Crippen molar-refractivity contribution in [2.75, 3.05) is 37.6 Å². The summed E-state index contributed by atoms with van der Waals surface area (Å²) in [5.74, 6) is 0.591. The van der Waals surface area contributed by atoms with Crippen LogP contribution in [0.5, 0.6) is 0 Å². The van der Waals surface area contributed by atoms with Gasteiger partial charge >= 0.3 is 0 Å². The first-order chi connectivity index (χ1) is 13.5. The van der Waals surface area contributed by atoms with Gasteiger partial charge in [0, 0.05) is 32.7 Å². The molecular formula is C20H30ClN5O2. The van der Waals surface area contributed by atoms with Gasteiger partial charge in [-0.3, -0.25) is 9.59 Å². The molecule has 28 heavy (non-hydrogen) atoms. The van der Waals surface area contributed by atoms with Crippen molar-refractivity contribution in [2.45, 2.75) is 46.0 Å². The number of carbonyl (C=O) groups is 2. The van der Waals surface area contributed by atoms with Crippen LogP contribution >= 0.6 is 11.6 Å². The van der Waals surface area contributed by atoms with Gasteiger partial charge in [0.2, 0.25) is 11.9 Å². The lowest BCUT2D eigenvalue weighted by Gasteiger charge is -2.32. The van der Waals surface area contributed by atoms with E-state index in [1.807, 2.05) is 0 Å². The van der Waals surface area contributed by atoms with Gasteiger partial charge in [0.15, 0.2) is 5.69 Å². The predicted molar refractivity (Wildman–Crippen MR) is 110 cm³/mol. The molecule has 3 rings (SSSR count). The fourth-order valence-electron chi connectivity index (χ4n) is 3.73. The van der Waals surface area contributed by atoms with Crippen LogP contribution in [0.4, 0.5) is 5.95 Å². The minimum absolute atomic E-state index is 0.0222. The summed E-state index contributed by atoms with van der Waals surface area (Å²) in [6, 6.07) is 0. The SMILES string of the molecule is CC(C)CNC(=O)[C@H]1CCCN(C(=O)c2nc(N3CCCCC3)ncc2Cl)C1. The normalized spacial score (nSPS) is 20.4. The molecule has 2 aliphatic rings. The van der Waals surface area contributed by atoms with E-state index < -0.39 is 0 Å². The lowest BCUT2D eigenvalue weighted by atomic mass is 9.96. The standard InChI is InChI=1S/C20H30ClN5O2/c1-14(2)11-22-18(27)15-7-6-10-26(13-15)19(28)17-16(21)12-23-20(24-17)25-8-4-3-5-9-25/h12,14-15H,3-11,13H2,1-2H3,(H,22,27)/t15-/m0/s1. The van der Waals surface area contributed by atoms with Gasteiger partial charge in [-0.25, -0.2) is 9.97 Å². The van der Waals surface area contributed by atoms with Gasteiger partial charge in [0.05, 0.1) is 17.1 Å². The van der Waals surface area contributed by atoms with Crippen molar-refractivity contribution in [1.82, 2.24) is 20.2 Å². The van der Waals surface area contributed by atoms with Crippen molar-refractivity contribution >= 4 is 29.4 Å². The van der Waals surface area contributed by atoms with Gasteiger partial charge in [0.25, 0.3) is 5.91 Å². The number of anilines is 1. The molecule has 3 heterocycles. The molecule has 0 saturated carbocycles. The lowest BCUT2D eigenvalue weighted by molar-refractivity contribution is -0.126. The van der Waals surface area contributed by atoms with E-state index in [0.29, 0.717) is 31.5 Å². The summed E-state index contributed by atoms with van der Waals surface area (Å²) in [7, 11) is 0. The Labute approximate surface area is 171 Å². The molecule has 2 saturated heterocycles. The van der Waals surface area contributed by atoms with E-state index in [1.54, 1.807) is 4.90 Å². The number of hydrogen-bond donors (Lipinski definition) is 1. The van der Waals surface area contributed by atoms with Crippen LogP contribution in [-0.4, -0.2) is 59.4 Å². The summed E-state index contributed by atoms with van der Waals surface area (Å²) in [6.45, 7) is 7.60. The van der Waals surface area contributed by atoms with E-state index in [0.717, 1.165) is 38.8 Å². The minimum atomic E-state index is -0.216. The number of halogens is 1. The molecule has 0 aliphatic carbocycles. The average molecular weight is 408 g/mol. The van der Waals surface area contributed by atoms with Gasteiger partial charge in [-0.05, 0) is 38.0 Å². The molecule has 1 aromatic rings. The van der Waals surface area contributed by atoms with E-state index in [1.165, 1.54) is 12.6 Å². The monoisotopic (exact) mass is 407 g/mol. The highest BCUT2D eigenvalue weighted by molar-refractivity contribution is 6.33. The maximum absolute atomic E-state index is 13.1. The summed E-state index contributed by atoms with van der Waals surface area (Å²) in [5, 5.41) is 3.24. The number of nitrogens with zero attached hydrogens (tertiary/aromatic N) is 4. The summed E-state index contributed by atoms with van der Waals surface area (Å²) in [6.07, 6.45) is 6.53. The molecule has 2 amide bonds. The molecule has 1 atom stereocenters. The number of likely N-dealkylation sites (tertiary alicyclic amines) is 1. The highest BCUT2D eigenvalue weighted by Gasteiger charge is 2.31. The molecule has 0 aromatic carbocycles. The molecular weight excluding hydrogens is 378 g/mol. The van der Waals surface area contributed by atoms with E-state index in [-0.39, 0.29) is 28.4 Å². The Kier molecular flexibility index (Phi) is 7.10. The first-order valence-corrected chi connectivity index (χ1v) is 10.7. The summed E-state index contributed by atoms with van der Waals surface area (Å²) < 4.78 is 0. The highest BCUT2D eigenvalue weighted by Crippen LogP contribution is 2.24. The fourth-order valence-corrected chi connectivity index (χ4v) is 3.90. The molecule has 0 unspecified atom stereocenters.